The van der Waals surface area contributed by atoms with Gasteiger partial charge in [0.15, 0.2) is 0 Å². The number of alkyl halides is 3. The summed E-state index contributed by atoms with van der Waals surface area (Å²) in [4.78, 5) is 0. The number of para-hydroxylation sites is 1. The smallest absolute Gasteiger partial charge is 0.419 e. The second-order valence-electron chi connectivity index (χ2n) is 4.87. The van der Waals surface area contributed by atoms with Crippen LogP contribution in [0.25, 0.3) is 0 Å². The maximum atomic E-state index is 12.9. The maximum Gasteiger partial charge on any atom is 0.419 e. The zero-order valence-corrected chi connectivity index (χ0v) is 11.2. The van der Waals surface area contributed by atoms with Crippen molar-refractivity contribution in [1.82, 2.24) is 5.32 Å². The van der Waals surface area contributed by atoms with Crippen molar-refractivity contribution in [1.29, 1.82) is 0 Å². The third kappa shape index (κ3) is 4.38. The van der Waals surface area contributed by atoms with Gasteiger partial charge in [-0.2, -0.15) is 13.2 Å². The number of hydrogen-bond donors (Lipinski definition) is 1. The molecule has 1 atom stereocenters. The number of benzene rings is 1. The normalized spacial score (nSPS) is 17.0. The summed E-state index contributed by atoms with van der Waals surface area (Å²) in [6.45, 7) is 0.719. The Balaban J connectivity index is 2.04. The van der Waals surface area contributed by atoms with Gasteiger partial charge in [0.2, 0.25) is 0 Å². The van der Waals surface area contributed by atoms with Crippen LogP contribution in [-0.2, 0) is 10.9 Å². The largest absolute Gasteiger partial charge is 0.486 e. The molecule has 0 heterocycles. The van der Waals surface area contributed by atoms with Gasteiger partial charge in [-0.25, -0.2) is 0 Å². The fourth-order valence-electron chi connectivity index (χ4n) is 1.89. The van der Waals surface area contributed by atoms with Gasteiger partial charge in [-0.05, 0) is 25.0 Å². The van der Waals surface area contributed by atoms with Gasteiger partial charge >= 0.3 is 6.18 Å². The lowest BCUT2D eigenvalue weighted by Crippen LogP contribution is -2.36. The molecule has 0 spiro atoms. The molecule has 1 aliphatic carbocycles. The molecule has 0 amide bonds. The van der Waals surface area contributed by atoms with Crippen molar-refractivity contribution in [3.05, 3.63) is 29.8 Å². The van der Waals surface area contributed by atoms with E-state index < -0.39 is 17.8 Å². The second-order valence-corrected chi connectivity index (χ2v) is 4.87. The minimum atomic E-state index is -4.42. The Morgan fingerprint density at radius 2 is 2.00 bits per heavy atom. The van der Waals surface area contributed by atoms with Crippen LogP contribution in [0.15, 0.2) is 24.3 Å². The summed E-state index contributed by atoms with van der Waals surface area (Å²) in [5, 5.41) is 3.23. The van der Waals surface area contributed by atoms with Gasteiger partial charge in [-0.3, -0.25) is 0 Å². The van der Waals surface area contributed by atoms with E-state index in [0.29, 0.717) is 12.6 Å². The van der Waals surface area contributed by atoms with Crippen LogP contribution < -0.4 is 10.1 Å². The SMILES string of the molecule is COCC(CNC1CC1)Oc1ccccc1C(F)(F)F. The monoisotopic (exact) mass is 289 g/mol. The lowest BCUT2D eigenvalue weighted by Gasteiger charge is -2.21. The average molecular weight is 289 g/mol. The fourth-order valence-corrected chi connectivity index (χ4v) is 1.89. The van der Waals surface area contributed by atoms with E-state index in [9.17, 15) is 13.2 Å². The van der Waals surface area contributed by atoms with Crippen molar-refractivity contribution in [2.45, 2.75) is 31.2 Å². The Labute approximate surface area is 116 Å². The van der Waals surface area contributed by atoms with Crippen LogP contribution in [0.1, 0.15) is 18.4 Å². The molecule has 0 aromatic heterocycles. The molecule has 0 radical (unpaired) electrons. The molecule has 1 aromatic rings. The van der Waals surface area contributed by atoms with Crippen molar-refractivity contribution >= 4 is 0 Å². The molecule has 112 valence electrons. The molecule has 1 aliphatic rings. The lowest BCUT2D eigenvalue weighted by atomic mass is 10.2. The molecule has 20 heavy (non-hydrogen) atoms. The van der Waals surface area contributed by atoms with Crippen LogP contribution in [0.5, 0.6) is 5.75 Å². The van der Waals surface area contributed by atoms with E-state index >= 15 is 0 Å². The standard InChI is InChI=1S/C14H18F3NO2/c1-19-9-11(8-18-10-6-7-10)20-13-5-3-2-4-12(13)14(15,16)17/h2-5,10-11,18H,6-9H2,1H3. The average Bonchev–Trinajstić information content (AvgIpc) is 3.19. The zero-order chi connectivity index (χ0) is 14.6. The predicted molar refractivity (Wildman–Crippen MR) is 68.8 cm³/mol. The number of nitrogens with one attached hydrogen (secondary N) is 1. The van der Waals surface area contributed by atoms with E-state index in [-0.39, 0.29) is 12.4 Å². The Morgan fingerprint density at radius 1 is 1.30 bits per heavy atom. The summed E-state index contributed by atoms with van der Waals surface area (Å²) in [5.41, 5.74) is -0.757. The highest BCUT2D eigenvalue weighted by atomic mass is 19.4. The number of methoxy groups -OCH3 is 1. The topological polar surface area (TPSA) is 30.5 Å². The summed E-state index contributed by atoms with van der Waals surface area (Å²) in [5.74, 6) is -0.153. The Morgan fingerprint density at radius 3 is 2.60 bits per heavy atom. The molecule has 1 saturated carbocycles. The maximum absolute atomic E-state index is 12.9. The Bertz CT molecular complexity index is 433. The van der Waals surface area contributed by atoms with Gasteiger partial charge in [0, 0.05) is 19.7 Å². The molecule has 1 fully saturated rings. The molecule has 3 nitrogen and oxygen atoms in total. The van der Waals surface area contributed by atoms with E-state index in [1.54, 1.807) is 0 Å². The van der Waals surface area contributed by atoms with Crippen molar-refractivity contribution in [2.24, 2.45) is 0 Å². The minimum absolute atomic E-state index is 0.153. The van der Waals surface area contributed by atoms with Gasteiger partial charge in [-0.1, -0.05) is 12.1 Å². The van der Waals surface area contributed by atoms with Crippen molar-refractivity contribution in [2.75, 3.05) is 20.3 Å². The highest BCUT2D eigenvalue weighted by Crippen LogP contribution is 2.36. The minimum Gasteiger partial charge on any atom is -0.486 e. The van der Waals surface area contributed by atoms with E-state index in [1.807, 2.05) is 0 Å². The summed E-state index contributed by atoms with van der Waals surface area (Å²) in [6.07, 6.45) is -2.64. The molecule has 0 saturated heterocycles. The molecule has 1 unspecified atom stereocenters. The number of halogens is 3. The molecule has 0 aliphatic heterocycles. The van der Waals surface area contributed by atoms with E-state index in [0.717, 1.165) is 18.9 Å². The van der Waals surface area contributed by atoms with Crippen LogP contribution in [0, 0.1) is 0 Å². The third-order valence-electron chi connectivity index (χ3n) is 3.05. The van der Waals surface area contributed by atoms with Crippen LogP contribution in [-0.4, -0.2) is 32.4 Å². The van der Waals surface area contributed by atoms with Crippen molar-refractivity contribution in [3.63, 3.8) is 0 Å². The molecule has 1 aromatic carbocycles. The highest BCUT2D eigenvalue weighted by molar-refractivity contribution is 5.35. The Kier molecular flexibility index (Phi) is 4.88. The summed E-state index contributed by atoms with van der Waals surface area (Å²) in [7, 11) is 1.50. The molecule has 1 N–H and O–H groups in total. The lowest BCUT2D eigenvalue weighted by molar-refractivity contribution is -0.139. The van der Waals surface area contributed by atoms with E-state index in [1.165, 1.54) is 25.3 Å². The van der Waals surface area contributed by atoms with Gasteiger partial charge in [0.05, 0.1) is 12.2 Å². The first-order valence-corrected chi connectivity index (χ1v) is 6.56. The fraction of sp³-hybridized carbons (Fsp3) is 0.571. The number of hydrogen-bond acceptors (Lipinski definition) is 3. The molecule has 2 rings (SSSR count). The first-order chi connectivity index (χ1) is 9.50. The summed E-state index contributed by atoms with van der Waals surface area (Å²) < 4.78 is 49.1. The van der Waals surface area contributed by atoms with Gasteiger partial charge < -0.3 is 14.8 Å². The molecular formula is C14H18F3NO2. The van der Waals surface area contributed by atoms with Crippen LogP contribution in [0.3, 0.4) is 0 Å². The number of rotatable bonds is 7. The number of ether oxygens (including phenoxy) is 2. The van der Waals surface area contributed by atoms with Crippen molar-refractivity contribution in [3.8, 4) is 5.75 Å². The first kappa shape index (κ1) is 15.1. The summed E-state index contributed by atoms with van der Waals surface area (Å²) >= 11 is 0. The first-order valence-electron chi connectivity index (χ1n) is 6.56. The quantitative estimate of drug-likeness (QED) is 0.837. The van der Waals surface area contributed by atoms with Gasteiger partial charge in [0.25, 0.3) is 0 Å². The third-order valence-corrected chi connectivity index (χ3v) is 3.05. The predicted octanol–water partition coefficient (Wildman–Crippen LogP) is 2.85. The van der Waals surface area contributed by atoms with Gasteiger partial charge in [0.1, 0.15) is 11.9 Å². The van der Waals surface area contributed by atoms with Crippen molar-refractivity contribution < 1.29 is 22.6 Å². The molecule has 6 heteroatoms. The second kappa shape index (κ2) is 6.45. The highest BCUT2D eigenvalue weighted by Gasteiger charge is 2.34. The van der Waals surface area contributed by atoms with E-state index in [2.05, 4.69) is 5.32 Å². The Hall–Kier alpha value is -1.27. The van der Waals surface area contributed by atoms with Crippen LogP contribution in [0.2, 0.25) is 0 Å². The van der Waals surface area contributed by atoms with Crippen LogP contribution in [0.4, 0.5) is 13.2 Å². The summed E-state index contributed by atoms with van der Waals surface area (Å²) in [6, 6.07) is 5.71. The van der Waals surface area contributed by atoms with Gasteiger partial charge in [-0.15, -0.1) is 0 Å². The van der Waals surface area contributed by atoms with Crippen LogP contribution >= 0.6 is 0 Å². The molecular weight excluding hydrogens is 271 g/mol. The molecule has 0 bridgehead atoms. The van der Waals surface area contributed by atoms with E-state index in [4.69, 9.17) is 9.47 Å². The zero-order valence-electron chi connectivity index (χ0n) is 11.2.